The minimum atomic E-state index is -0.282. The SMILES string of the molecule is CCOc1ccc(N2C(=O)c3ccccc3N[C@H]2c2cccn2C)cc1. The molecule has 2 heterocycles. The number of nitrogens with zero attached hydrogens (tertiary/aromatic N) is 2. The summed E-state index contributed by atoms with van der Waals surface area (Å²) in [4.78, 5) is 15.1. The number of para-hydroxylation sites is 1. The van der Waals surface area contributed by atoms with Crippen molar-refractivity contribution < 1.29 is 9.53 Å². The van der Waals surface area contributed by atoms with Gasteiger partial charge in [-0.25, -0.2) is 0 Å². The second-order valence-electron chi connectivity index (χ2n) is 6.24. The van der Waals surface area contributed by atoms with Gasteiger partial charge in [0.25, 0.3) is 5.91 Å². The van der Waals surface area contributed by atoms with Gasteiger partial charge in [-0.05, 0) is 55.5 Å². The van der Waals surface area contributed by atoms with Crippen molar-refractivity contribution in [3.05, 3.63) is 78.1 Å². The molecule has 1 atom stereocenters. The van der Waals surface area contributed by atoms with Crippen molar-refractivity contribution in [1.29, 1.82) is 0 Å². The molecule has 0 saturated heterocycles. The molecule has 1 N–H and O–H groups in total. The van der Waals surface area contributed by atoms with Crippen LogP contribution in [-0.4, -0.2) is 17.1 Å². The smallest absolute Gasteiger partial charge is 0.262 e. The quantitative estimate of drug-likeness (QED) is 0.769. The summed E-state index contributed by atoms with van der Waals surface area (Å²) in [5.41, 5.74) is 3.37. The van der Waals surface area contributed by atoms with E-state index in [1.54, 1.807) is 4.90 Å². The van der Waals surface area contributed by atoms with Crippen LogP contribution < -0.4 is 15.0 Å². The molecule has 1 aliphatic heterocycles. The molecule has 4 rings (SSSR count). The third-order valence-electron chi connectivity index (χ3n) is 4.62. The number of fused-ring (bicyclic) bond motifs is 1. The molecule has 26 heavy (non-hydrogen) atoms. The van der Waals surface area contributed by atoms with Crippen molar-refractivity contribution in [3.63, 3.8) is 0 Å². The summed E-state index contributed by atoms with van der Waals surface area (Å²) in [6.07, 6.45) is 1.70. The largest absolute Gasteiger partial charge is 0.494 e. The van der Waals surface area contributed by atoms with E-state index in [1.165, 1.54) is 0 Å². The first kappa shape index (κ1) is 16.3. The van der Waals surface area contributed by atoms with Crippen LogP contribution in [0, 0.1) is 0 Å². The van der Waals surface area contributed by atoms with E-state index in [0.29, 0.717) is 12.2 Å². The Bertz CT molecular complexity index is 930. The fourth-order valence-electron chi connectivity index (χ4n) is 3.35. The number of ether oxygens (including phenoxy) is 1. The topological polar surface area (TPSA) is 46.5 Å². The Morgan fingerprint density at radius 1 is 1.04 bits per heavy atom. The minimum absolute atomic E-state index is 0.0188. The molecule has 3 aromatic rings. The van der Waals surface area contributed by atoms with Crippen molar-refractivity contribution in [2.24, 2.45) is 7.05 Å². The number of anilines is 2. The Kier molecular flexibility index (Phi) is 4.13. The molecule has 0 fully saturated rings. The maximum Gasteiger partial charge on any atom is 0.262 e. The lowest BCUT2D eigenvalue weighted by Crippen LogP contribution is -2.43. The third-order valence-corrected chi connectivity index (χ3v) is 4.62. The lowest BCUT2D eigenvalue weighted by atomic mass is 10.0. The highest BCUT2D eigenvalue weighted by Gasteiger charge is 2.35. The Morgan fingerprint density at radius 2 is 1.81 bits per heavy atom. The lowest BCUT2D eigenvalue weighted by molar-refractivity contribution is 0.0974. The average molecular weight is 347 g/mol. The number of carbonyl (C=O) groups excluding carboxylic acids is 1. The monoisotopic (exact) mass is 347 g/mol. The molecule has 1 aromatic heterocycles. The van der Waals surface area contributed by atoms with Gasteiger partial charge in [-0.3, -0.25) is 9.69 Å². The van der Waals surface area contributed by atoms with Crippen LogP contribution in [-0.2, 0) is 7.05 Å². The van der Waals surface area contributed by atoms with E-state index in [9.17, 15) is 4.79 Å². The summed E-state index contributed by atoms with van der Waals surface area (Å²) in [5, 5.41) is 3.51. The van der Waals surface area contributed by atoms with Gasteiger partial charge in [0.15, 0.2) is 0 Å². The predicted molar refractivity (Wildman–Crippen MR) is 103 cm³/mol. The van der Waals surface area contributed by atoms with Crippen molar-refractivity contribution in [2.45, 2.75) is 13.1 Å². The summed E-state index contributed by atoms with van der Waals surface area (Å²) in [5.74, 6) is 0.777. The number of carbonyl (C=O) groups is 1. The Balaban J connectivity index is 1.80. The maximum absolute atomic E-state index is 13.3. The fraction of sp³-hybridized carbons (Fsp3) is 0.190. The first-order valence-electron chi connectivity index (χ1n) is 8.72. The number of amides is 1. The summed E-state index contributed by atoms with van der Waals surface area (Å²) in [6.45, 7) is 2.57. The highest BCUT2D eigenvalue weighted by molar-refractivity contribution is 6.12. The van der Waals surface area contributed by atoms with Gasteiger partial charge >= 0.3 is 0 Å². The normalized spacial score (nSPS) is 16.2. The zero-order valence-corrected chi connectivity index (χ0v) is 14.8. The van der Waals surface area contributed by atoms with E-state index in [0.717, 1.165) is 22.8 Å². The van der Waals surface area contributed by atoms with Gasteiger partial charge in [-0.1, -0.05) is 12.1 Å². The second-order valence-corrected chi connectivity index (χ2v) is 6.24. The van der Waals surface area contributed by atoms with Crippen LogP contribution in [0.3, 0.4) is 0 Å². The summed E-state index contributed by atoms with van der Waals surface area (Å²) in [7, 11) is 1.98. The molecule has 1 aliphatic rings. The van der Waals surface area contributed by atoms with E-state index >= 15 is 0 Å². The first-order chi connectivity index (χ1) is 12.7. The van der Waals surface area contributed by atoms with Crippen LogP contribution in [0.4, 0.5) is 11.4 Å². The van der Waals surface area contributed by atoms with Gasteiger partial charge in [0.1, 0.15) is 11.9 Å². The first-order valence-corrected chi connectivity index (χ1v) is 8.72. The van der Waals surface area contributed by atoms with Crippen LogP contribution in [0.2, 0.25) is 0 Å². The number of aryl methyl sites for hydroxylation is 1. The van der Waals surface area contributed by atoms with E-state index < -0.39 is 0 Å². The molecule has 0 bridgehead atoms. The number of rotatable bonds is 4. The van der Waals surface area contributed by atoms with Gasteiger partial charge in [0.05, 0.1) is 17.9 Å². The van der Waals surface area contributed by atoms with E-state index in [-0.39, 0.29) is 12.1 Å². The molecular formula is C21H21N3O2. The zero-order valence-electron chi connectivity index (χ0n) is 14.8. The number of benzene rings is 2. The lowest BCUT2D eigenvalue weighted by Gasteiger charge is -2.38. The molecule has 0 unspecified atom stereocenters. The zero-order chi connectivity index (χ0) is 18.1. The Labute approximate surface area is 152 Å². The van der Waals surface area contributed by atoms with Crippen LogP contribution in [0.5, 0.6) is 5.75 Å². The molecular weight excluding hydrogens is 326 g/mol. The predicted octanol–water partition coefficient (Wildman–Crippen LogP) is 4.19. The van der Waals surface area contributed by atoms with E-state index in [1.807, 2.05) is 85.4 Å². The number of hydrogen-bond acceptors (Lipinski definition) is 3. The molecule has 5 heteroatoms. The van der Waals surface area contributed by atoms with Crippen LogP contribution in [0.25, 0.3) is 0 Å². The van der Waals surface area contributed by atoms with E-state index in [2.05, 4.69) is 5.32 Å². The van der Waals surface area contributed by atoms with Crippen molar-refractivity contribution >= 4 is 17.3 Å². The number of hydrogen-bond donors (Lipinski definition) is 1. The van der Waals surface area contributed by atoms with Crippen molar-refractivity contribution in [1.82, 2.24) is 4.57 Å². The summed E-state index contributed by atoms with van der Waals surface area (Å²) >= 11 is 0. The average Bonchev–Trinajstić information content (AvgIpc) is 3.09. The van der Waals surface area contributed by atoms with Crippen LogP contribution in [0.1, 0.15) is 29.1 Å². The standard InChI is InChI=1S/C21H21N3O2/c1-3-26-16-12-10-15(11-13-16)24-20(19-9-6-14-23(19)2)22-18-8-5-4-7-17(18)21(24)25/h4-14,20,22H,3H2,1-2H3/t20-/m1/s1. The van der Waals surface area contributed by atoms with Crippen molar-refractivity contribution in [3.8, 4) is 5.75 Å². The van der Waals surface area contributed by atoms with Gasteiger partial charge in [0, 0.05) is 24.6 Å². The fourth-order valence-corrected chi connectivity index (χ4v) is 3.35. The minimum Gasteiger partial charge on any atom is -0.494 e. The Morgan fingerprint density at radius 3 is 2.50 bits per heavy atom. The number of nitrogens with one attached hydrogen (secondary N) is 1. The molecule has 1 amide bonds. The molecule has 132 valence electrons. The van der Waals surface area contributed by atoms with E-state index in [4.69, 9.17) is 4.74 Å². The maximum atomic E-state index is 13.3. The number of aromatic nitrogens is 1. The van der Waals surface area contributed by atoms with Crippen LogP contribution >= 0.6 is 0 Å². The van der Waals surface area contributed by atoms with Crippen LogP contribution in [0.15, 0.2) is 66.9 Å². The third kappa shape index (κ3) is 2.71. The second kappa shape index (κ2) is 6.59. The molecule has 0 saturated carbocycles. The van der Waals surface area contributed by atoms with Gasteiger partial charge < -0.3 is 14.6 Å². The summed E-state index contributed by atoms with van der Waals surface area (Å²) < 4.78 is 7.55. The molecule has 0 aliphatic carbocycles. The molecule has 0 spiro atoms. The van der Waals surface area contributed by atoms with Gasteiger partial charge in [-0.15, -0.1) is 0 Å². The molecule has 0 radical (unpaired) electrons. The molecule has 5 nitrogen and oxygen atoms in total. The highest BCUT2D eigenvalue weighted by atomic mass is 16.5. The molecule has 2 aromatic carbocycles. The van der Waals surface area contributed by atoms with Crippen molar-refractivity contribution in [2.75, 3.05) is 16.8 Å². The Hall–Kier alpha value is -3.21. The highest BCUT2D eigenvalue weighted by Crippen LogP contribution is 2.37. The van der Waals surface area contributed by atoms with Gasteiger partial charge in [0.2, 0.25) is 0 Å². The summed E-state index contributed by atoms with van der Waals surface area (Å²) in [6, 6.07) is 19.3. The van der Waals surface area contributed by atoms with Gasteiger partial charge in [-0.2, -0.15) is 0 Å².